The SMILES string of the molecule is O=C(NC1CC1)c1ccc(NC(=O)C2CCN(c3ccc(C(F)(F)F)cc3[N+](=O)[O-])CC2)cc1. The average Bonchev–Trinajstić information content (AvgIpc) is 3.62. The Morgan fingerprint density at radius 1 is 1.00 bits per heavy atom. The zero-order valence-electron chi connectivity index (χ0n) is 18.1. The molecule has 8 nitrogen and oxygen atoms in total. The summed E-state index contributed by atoms with van der Waals surface area (Å²) in [5.74, 6) is -0.704. The number of benzene rings is 2. The number of anilines is 2. The summed E-state index contributed by atoms with van der Waals surface area (Å²) in [6.45, 7) is 0.592. The lowest BCUT2D eigenvalue weighted by Crippen LogP contribution is -2.38. The topological polar surface area (TPSA) is 105 Å². The summed E-state index contributed by atoms with van der Waals surface area (Å²) in [6, 6.07) is 9.32. The Hall–Kier alpha value is -3.63. The molecule has 2 amide bonds. The van der Waals surface area contributed by atoms with Crippen molar-refractivity contribution in [2.75, 3.05) is 23.3 Å². The zero-order valence-corrected chi connectivity index (χ0v) is 18.1. The zero-order chi connectivity index (χ0) is 24.5. The first-order valence-electron chi connectivity index (χ1n) is 10.9. The van der Waals surface area contributed by atoms with E-state index >= 15 is 0 Å². The van der Waals surface area contributed by atoms with Crippen molar-refractivity contribution in [2.45, 2.75) is 37.9 Å². The fraction of sp³-hybridized carbons (Fsp3) is 0.391. The Morgan fingerprint density at radius 2 is 1.65 bits per heavy atom. The van der Waals surface area contributed by atoms with Crippen LogP contribution in [-0.4, -0.2) is 35.9 Å². The van der Waals surface area contributed by atoms with Gasteiger partial charge in [0.15, 0.2) is 0 Å². The van der Waals surface area contributed by atoms with Gasteiger partial charge in [0, 0.05) is 42.4 Å². The van der Waals surface area contributed by atoms with Crippen LogP contribution in [-0.2, 0) is 11.0 Å². The lowest BCUT2D eigenvalue weighted by atomic mass is 9.95. The van der Waals surface area contributed by atoms with Gasteiger partial charge in [-0.3, -0.25) is 19.7 Å². The number of carbonyl (C=O) groups is 2. The molecule has 0 radical (unpaired) electrons. The Balaban J connectivity index is 1.35. The number of hydrogen-bond acceptors (Lipinski definition) is 5. The molecule has 1 aliphatic heterocycles. The van der Waals surface area contributed by atoms with Crippen molar-refractivity contribution in [3.05, 3.63) is 63.7 Å². The highest BCUT2D eigenvalue weighted by atomic mass is 19.4. The van der Waals surface area contributed by atoms with Gasteiger partial charge in [0.1, 0.15) is 5.69 Å². The predicted octanol–water partition coefficient (Wildman–Crippen LogP) is 4.36. The first-order chi connectivity index (χ1) is 16.1. The number of nitrogens with one attached hydrogen (secondary N) is 2. The van der Waals surface area contributed by atoms with E-state index in [1.807, 2.05) is 0 Å². The maximum Gasteiger partial charge on any atom is 0.416 e. The first kappa shape index (κ1) is 23.5. The van der Waals surface area contributed by atoms with E-state index in [0.717, 1.165) is 25.0 Å². The Kier molecular flexibility index (Phi) is 6.45. The lowest BCUT2D eigenvalue weighted by molar-refractivity contribution is -0.384. The summed E-state index contributed by atoms with van der Waals surface area (Å²) < 4.78 is 38.8. The molecule has 2 aliphatic rings. The van der Waals surface area contributed by atoms with Gasteiger partial charge in [-0.15, -0.1) is 0 Å². The van der Waals surface area contributed by atoms with Gasteiger partial charge in [-0.1, -0.05) is 0 Å². The van der Waals surface area contributed by atoms with Crippen LogP contribution in [0.2, 0.25) is 0 Å². The number of nitro benzene ring substituents is 1. The molecular formula is C23H23F3N4O4. The number of hydrogen-bond donors (Lipinski definition) is 2. The van der Waals surface area contributed by atoms with Gasteiger partial charge in [-0.25, -0.2) is 0 Å². The number of carbonyl (C=O) groups excluding carboxylic acids is 2. The van der Waals surface area contributed by atoms with Crippen molar-refractivity contribution < 1.29 is 27.7 Å². The van der Waals surface area contributed by atoms with Crippen LogP contribution in [0, 0.1) is 16.0 Å². The summed E-state index contributed by atoms with van der Waals surface area (Å²) in [4.78, 5) is 36.9. The summed E-state index contributed by atoms with van der Waals surface area (Å²) in [7, 11) is 0. The van der Waals surface area contributed by atoms with E-state index in [1.165, 1.54) is 0 Å². The summed E-state index contributed by atoms with van der Waals surface area (Å²) >= 11 is 0. The van der Waals surface area contributed by atoms with Gasteiger partial charge in [0.05, 0.1) is 10.5 Å². The lowest BCUT2D eigenvalue weighted by Gasteiger charge is -2.32. The van der Waals surface area contributed by atoms with E-state index in [4.69, 9.17) is 0 Å². The standard InChI is InChI=1S/C23H23F3N4O4/c24-23(25,26)16-3-8-19(20(13-16)30(33)34)29-11-9-15(10-12-29)22(32)27-17-4-1-14(2-5-17)21(31)28-18-6-7-18/h1-5,8,13,15,18H,6-7,9-12H2,(H,27,32)(H,28,31). The first-order valence-corrected chi connectivity index (χ1v) is 10.9. The van der Waals surface area contributed by atoms with Crippen LogP contribution in [0.3, 0.4) is 0 Å². The van der Waals surface area contributed by atoms with Crippen molar-refractivity contribution in [1.29, 1.82) is 0 Å². The smallest absolute Gasteiger partial charge is 0.366 e. The highest BCUT2D eigenvalue weighted by Crippen LogP contribution is 2.37. The van der Waals surface area contributed by atoms with Crippen LogP contribution in [0.25, 0.3) is 0 Å². The molecule has 4 rings (SSSR count). The molecule has 2 aromatic carbocycles. The molecule has 0 spiro atoms. The van der Waals surface area contributed by atoms with Crippen molar-refractivity contribution >= 4 is 28.9 Å². The third kappa shape index (κ3) is 5.46. The van der Waals surface area contributed by atoms with Crippen LogP contribution in [0.1, 0.15) is 41.6 Å². The van der Waals surface area contributed by atoms with Gasteiger partial charge in [-0.2, -0.15) is 13.2 Å². The minimum Gasteiger partial charge on any atom is -0.366 e. The summed E-state index contributed by atoms with van der Waals surface area (Å²) in [5, 5.41) is 17.1. The average molecular weight is 476 g/mol. The van der Waals surface area contributed by atoms with Crippen LogP contribution >= 0.6 is 0 Å². The Morgan fingerprint density at radius 3 is 2.21 bits per heavy atom. The minimum atomic E-state index is -4.67. The molecule has 2 aromatic rings. The second-order valence-electron chi connectivity index (χ2n) is 8.53. The molecule has 2 N–H and O–H groups in total. The Labute approximate surface area is 193 Å². The Bertz CT molecular complexity index is 1090. The number of piperidine rings is 1. The highest BCUT2D eigenvalue weighted by molar-refractivity contribution is 5.96. The maximum atomic E-state index is 12.9. The molecule has 0 aromatic heterocycles. The molecule has 0 unspecified atom stereocenters. The van der Waals surface area contributed by atoms with Crippen LogP contribution in [0.15, 0.2) is 42.5 Å². The van der Waals surface area contributed by atoms with E-state index in [-0.39, 0.29) is 29.5 Å². The van der Waals surface area contributed by atoms with Crippen LogP contribution < -0.4 is 15.5 Å². The maximum absolute atomic E-state index is 12.9. The van der Waals surface area contributed by atoms with Gasteiger partial charge in [0.2, 0.25) is 5.91 Å². The predicted molar refractivity (Wildman–Crippen MR) is 119 cm³/mol. The van der Waals surface area contributed by atoms with Crippen LogP contribution in [0.4, 0.5) is 30.2 Å². The number of amides is 2. The fourth-order valence-electron chi connectivity index (χ4n) is 3.94. The monoisotopic (exact) mass is 476 g/mol. The second-order valence-corrected chi connectivity index (χ2v) is 8.53. The quantitative estimate of drug-likeness (QED) is 0.476. The van der Waals surface area contributed by atoms with Gasteiger partial charge >= 0.3 is 6.18 Å². The molecular weight excluding hydrogens is 453 g/mol. The molecule has 11 heteroatoms. The van der Waals surface area contributed by atoms with E-state index in [2.05, 4.69) is 10.6 Å². The molecule has 0 bridgehead atoms. The van der Waals surface area contributed by atoms with Gasteiger partial charge in [-0.05, 0) is 62.1 Å². The molecule has 0 atom stereocenters. The second kappa shape index (κ2) is 9.32. The molecule has 180 valence electrons. The van der Waals surface area contributed by atoms with E-state index in [9.17, 15) is 32.9 Å². The van der Waals surface area contributed by atoms with Crippen molar-refractivity contribution in [3.8, 4) is 0 Å². The normalized spacial score (nSPS) is 16.7. The number of alkyl halides is 3. The molecule has 1 aliphatic carbocycles. The van der Waals surface area contributed by atoms with Gasteiger partial charge in [0.25, 0.3) is 11.6 Å². The van der Waals surface area contributed by atoms with E-state index in [1.54, 1.807) is 29.2 Å². The third-order valence-electron chi connectivity index (χ3n) is 6.03. The van der Waals surface area contributed by atoms with E-state index in [0.29, 0.717) is 43.2 Å². The highest BCUT2D eigenvalue weighted by Gasteiger charge is 2.35. The number of rotatable bonds is 6. The number of nitro groups is 1. The molecule has 2 fully saturated rings. The van der Waals surface area contributed by atoms with Crippen molar-refractivity contribution in [3.63, 3.8) is 0 Å². The fourth-order valence-corrected chi connectivity index (χ4v) is 3.94. The van der Waals surface area contributed by atoms with E-state index < -0.39 is 22.4 Å². The third-order valence-corrected chi connectivity index (χ3v) is 6.03. The molecule has 1 saturated carbocycles. The van der Waals surface area contributed by atoms with Gasteiger partial charge < -0.3 is 15.5 Å². The molecule has 34 heavy (non-hydrogen) atoms. The summed E-state index contributed by atoms with van der Waals surface area (Å²) in [5.41, 5.74) is -0.515. The van der Waals surface area contributed by atoms with Crippen molar-refractivity contribution in [2.24, 2.45) is 5.92 Å². The largest absolute Gasteiger partial charge is 0.416 e. The summed E-state index contributed by atoms with van der Waals surface area (Å²) in [6.07, 6.45) is -1.90. The molecule has 1 heterocycles. The minimum absolute atomic E-state index is 0.108. The molecule has 1 saturated heterocycles. The number of nitrogens with zero attached hydrogens (tertiary/aromatic N) is 2. The van der Waals surface area contributed by atoms with Crippen molar-refractivity contribution in [1.82, 2.24) is 5.32 Å². The van der Waals surface area contributed by atoms with Crippen LogP contribution in [0.5, 0.6) is 0 Å². The number of halogens is 3.